The van der Waals surface area contributed by atoms with E-state index in [1.54, 1.807) is 18.4 Å². The van der Waals surface area contributed by atoms with Gasteiger partial charge in [0.15, 0.2) is 0 Å². The lowest BCUT2D eigenvalue weighted by Crippen LogP contribution is -2.42. The third-order valence-electron chi connectivity index (χ3n) is 5.58. The minimum atomic E-state index is 0.0699. The third kappa shape index (κ3) is 4.96. The largest absolute Gasteiger partial charge is 0.375 e. The Bertz CT molecular complexity index is 715. The van der Waals surface area contributed by atoms with Crippen molar-refractivity contribution in [2.24, 2.45) is 13.0 Å². The van der Waals surface area contributed by atoms with E-state index in [0.717, 1.165) is 30.3 Å². The Labute approximate surface area is 167 Å². The Morgan fingerprint density at radius 1 is 1.44 bits per heavy atom. The fraction of sp³-hybridized carbons (Fsp3) is 0.700. The van der Waals surface area contributed by atoms with Crippen molar-refractivity contribution in [1.29, 1.82) is 0 Å². The number of piperidine rings is 1. The van der Waals surface area contributed by atoms with E-state index in [1.165, 1.54) is 24.9 Å². The highest BCUT2D eigenvalue weighted by Crippen LogP contribution is 2.36. The van der Waals surface area contributed by atoms with E-state index in [0.29, 0.717) is 12.0 Å². The van der Waals surface area contributed by atoms with Crippen molar-refractivity contribution in [3.8, 4) is 0 Å². The Morgan fingerprint density at radius 3 is 2.93 bits per heavy atom. The number of ether oxygens (including phenoxy) is 1. The summed E-state index contributed by atoms with van der Waals surface area (Å²) in [5.74, 6) is 0.615. The molecule has 0 bridgehead atoms. The Balaban J connectivity index is 1.67. The molecule has 150 valence electrons. The molecule has 3 atom stereocenters. The first-order chi connectivity index (χ1) is 13.0. The van der Waals surface area contributed by atoms with E-state index in [9.17, 15) is 0 Å². The predicted molar refractivity (Wildman–Crippen MR) is 110 cm³/mol. The van der Waals surface area contributed by atoms with Crippen LogP contribution in [0, 0.1) is 5.92 Å². The number of rotatable bonds is 8. The van der Waals surface area contributed by atoms with E-state index in [2.05, 4.69) is 40.4 Å². The normalized spacial score (nSPS) is 22.4. The van der Waals surface area contributed by atoms with Crippen molar-refractivity contribution in [3.63, 3.8) is 0 Å². The summed E-state index contributed by atoms with van der Waals surface area (Å²) in [6, 6.07) is 0.458. The average Bonchev–Trinajstić information content (AvgIpc) is 3.29. The van der Waals surface area contributed by atoms with Crippen LogP contribution in [-0.4, -0.2) is 58.4 Å². The maximum Gasteiger partial charge on any atom is 0.122 e. The summed E-state index contributed by atoms with van der Waals surface area (Å²) >= 11 is 1.69. The van der Waals surface area contributed by atoms with Gasteiger partial charge in [0.1, 0.15) is 11.1 Å². The predicted octanol–water partition coefficient (Wildman–Crippen LogP) is 3.49. The molecule has 3 heterocycles. The van der Waals surface area contributed by atoms with Crippen LogP contribution in [0.5, 0.6) is 0 Å². The quantitative estimate of drug-likeness (QED) is 0.689. The molecule has 1 aliphatic heterocycles. The van der Waals surface area contributed by atoms with Gasteiger partial charge < -0.3 is 9.64 Å². The molecule has 27 heavy (non-hydrogen) atoms. The van der Waals surface area contributed by atoms with Crippen molar-refractivity contribution in [1.82, 2.24) is 24.6 Å². The summed E-state index contributed by atoms with van der Waals surface area (Å²) < 4.78 is 7.31. The van der Waals surface area contributed by atoms with Crippen LogP contribution in [0.2, 0.25) is 0 Å². The Hall–Kier alpha value is -1.28. The number of aryl methyl sites for hydroxylation is 1. The van der Waals surface area contributed by atoms with Crippen molar-refractivity contribution in [3.05, 3.63) is 34.0 Å². The van der Waals surface area contributed by atoms with Crippen LogP contribution in [0.4, 0.5) is 0 Å². The molecule has 1 fully saturated rings. The molecule has 3 rings (SSSR count). The first kappa shape index (κ1) is 20.5. The smallest absolute Gasteiger partial charge is 0.122 e. The molecule has 0 unspecified atom stereocenters. The molecule has 0 N–H and O–H groups in total. The van der Waals surface area contributed by atoms with Gasteiger partial charge in [-0.2, -0.15) is 5.10 Å². The maximum atomic E-state index is 5.39. The van der Waals surface area contributed by atoms with E-state index >= 15 is 0 Å². The van der Waals surface area contributed by atoms with E-state index < -0.39 is 0 Å². The van der Waals surface area contributed by atoms with Crippen LogP contribution >= 0.6 is 11.3 Å². The van der Waals surface area contributed by atoms with Crippen LogP contribution in [0.15, 0.2) is 17.8 Å². The lowest BCUT2D eigenvalue weighted by Gasteiger charge is -2.42. The molecule has 0 saturated carbocycles. The fourth-order valence-electron chi connectivity index (χ4n) is 4.20. The van der Waals surface area contributed by atoms with Gasteiger partial charge in [-0.05, 0) is 45.8 Å². The zero-order valence-corrected chi connectivity index (χ0v) is 18.1. The van der Waals surface area contributed by atoms with E-state index in [-0.39, 0.29) is 6.10 Å². The summed E-state index contributed by atoms with van der Waals surface area (Å²) in [5.41, 5.74) is 2.49. The van der Waals surface area contributed by atoms with Crippen LogP contribution in [0.25, 0.3) is 0 Å². The molecular weight excluding hydrogens is 358 g/mol. The molecule has 6 nitrogen and oxygen atoms in total. The first-order valence-corrected chi connectivity index (χ1v) is 10.8. The van der Waals surface area contributed by atoms with Crippen molar-refractivity contribution in [2.45, 2.75) is 45.4 Å². The zero-order valence-electron chi connectivity index (χ0n) is 17.3. The number of hydrogen-bond donors (Lipinski definition) is 0. The van der Waals surface area contributed by atoms with Crippen LogP contribution < -0.4 is 0 Å². The molecule has 0 radical (unpaired) electrons. The number of methoxy groups -OCH3 is 1. The number of likely N-dealkylation sites (tertiary alicyclic amines) is 1. The number of aromatic nitrogens is 3. The topological polar surface area (TPSA) is 46.4 Å². The summed E-state index contributed by atoms with van der Waals surface area (Å²) in [6.07, 6.45) is 6.84. The number of nitrogens with zero attached hydrogens (tertiary/aromatic N) is 5. The lowest BCUT2D eigenvalue weighted by atomic mass is 9.85. The number of thiazole rings is 1. The van der Waals surface area contributed by atoms with Gasteiger partial charge in [0.05, 0.1) is 11.9 Å². The SMILES string of the molecule is CCN1CCC[C@@H](CN(C)Cc2csc([C@@H](C)OC)n2)[C@@H]1c1cnn(C)c1. The molecule has 2 aromatic rings. The van der Waals surface area contributed by atoms with Crippen molar-refractivity contribution in [2.75, 3.05) is 33.8 Å². The van der Waals surface area contributed by atoms with Crippen molar-refractivity contribution < 1.29 is 4.74 Å². The lowest BCUT2D eigenvalue weighted by molar-refractivity contribution is 0.0746. The molecule has 7 heteroatoms. The second-order valence-electron chi connectivity index (χ2n) is 7.67. The second-order valence-corrected chi connectivity index (χ2v) is 8.56. The third-order valence-corrected chi connectivity index (χ3v) is 6.64. The minimum Gasteiger partial charge on any atom is -0.375 e. The van der Waals surface area contributed by atoms with Gasteiger partial charge in [-0.15, -0.1) is 11.3 Å². The molecule has 0 aromatic carbocycles. The van der Waals surface area contributed by atoms with Gasteiger partial charge in [-0.1, -0.05) is 6.92 Å². The monoisotopic (exact) mass is 391 g/mol. The summed E-state index contributed by atoms with van der Waals surface area (Å²) in [6.45, 7) is 8.54. The highest BCUT2D eigenvalue weighted by molar-refractivity contribution is 7.09. The first-order valence-electron chi connectivity index (χ1n) is 9.90. The van der Waals surface area contributed by atoms with Gasteiger partial charge in [-0.3, -0.25) is 9.58 Å². The summed E-state index contributed by atoms with van der Waals surface area (Å²) in [4.78, 5) is 9.79. The van der Waals surface area contributed by atoms with Gasteiger partial charge in [0.25, 0.3) is 0 Å². The summed E-state index contributed by atoms with van der Waals surface area (Å²) in [7, 11) is 5.95. The molecule has 0 aliphatic carbocycles. The van der Waals surface area contributed by atoms with Crippen molar-refractivity contribution >= 4 is 11.3 Å². The van der Waals surface area contributed by atoms with Crippen LogP contribution in [0.3, 0.4) is 0 Å². The molecule has 1 aliphatic rings. The molecule has 2 aromatic heterocycles. The van der Waals surface area contributed by atoms with E-state index in [1.807, 2.05) is 24.9 Å². The molecule has 1 saturated heterocycles. The maximum absolute atomic E-state index is 5.39. The van der Waals surface area contributed by atoms with Crippen LogP contribution in [0.1, 0.15) is 55.1 Å². The number of hydrogen-bond acceptors (Lipinski definition) is 6. The van der Waals surface area contributed by atoms with Crippen LogP contribution in [-0.2, 0) is 18.3 Å². The highest BCUT2D eigenvalue weighted by atomic mass is 32.1. The van der Waals surface area contributed by atoms with Gasteiger partial charge in [0.2, 0.25) is 0 Å². The van der Waals surface area contributed by atoms with Gasteiger partial charge in [-0.25, -0.2) is 4.98 Å². The zero-order chi connectivity index (χ0) is 19.4. The van der Waals surface area contributed by atoms with E-state index in [4.69, 9.17) is 9.72 Å². The second kappa shape index (κ2) is 9.28. The summed E-state index contributed by atoms with van der Waals surface area (Å²) in [5, 5.41) is 7.65. The molecule has 0 amide bonds. The average molecular weight is 392 g/mol. The Morgan fingerprint density at radius 2 is 2.26 bits per heavy atom. The Kier molecular flexibility index (Phi) is 7.03. The molecular formula is C20H33N5OS. The highest BCUT2D eigenvalue weighted by Gasteiger charge is 2.33. The fourth-order valence-corrected chi connectivity index (χ4v) is 5.04. The van der Waals surface area contributed by atoms with Gasteiger partial charge in [0, 0.05) is 50.4 Å². The van der Waals surface area contributed by atoms with Gasteiger partial charge >= 0.3 is 0 Å². The molecule has 0 spiro atoms. The minimum absolute atomic E-state index is 0.0699. The standard InChI is InChI=1S/C20H33N5OS/c1-6-25-9-7-8-16(19(25)17-10-21-24(4)12-17)11-23(3)13-18-14-27-20(22-18)15(2)26-5/h10,12,14-16,19H,6-9,11,13H2,1-5H3/t15-,16+,19-/m1/s1.